The van der Waals surface area contributed by atoms with E-state index in [-0.39, 0.29) is 5.82 Å². The Balaban J connectivity index is 3.01. The molecule has 0 unspecified atom stereocenters. The molecule has 0 radical (unpaired) electrons. The average molecular weight is 123 g/mol. The molecule has 0 aliphatic carbocycles. The molecule has 0 N–H and O–H groups in total. The molecule has 0 aliphatic heterocycles. The lowest BCUT2D eigenvalue weighted by Crippen LogP contribution is -1.82. The van der Waals surface area contributed by atoms with E-state index in [1.54, 1.807) is 13.0 Å². The van der Waals surface area contributed by atoms with E-state index in [0.29, 0.717) is 0 Å². The Bertz CT molecular complexity index is 206. The lowest BCUT2D eigenvalue weighted by Gasteiger charge is -1.85. The molecule has 0 atom stereocenters. The molecule has 1 rings (SSSR count). The first-order valence-electron chi connectivity index (χ1n) is 2.46. The summed E-state index contributed by atoms with van der Waals surface area (Å²) in [6.45, 7) is 1.79. The SMILES string of the molecule is Cc1ccc(N=O)nn1. The number of hydrogen-bond donors (Lipinski definition) is 0. The van der Waals surface area contributed by atoms with E-state index in [4.69, 9.17) is 0 Å². The molecule has 0 amide bonds. The summed E-state index contributed by atoms with van der Waals surface area (Å²) in [5, 5.41) is 9.66. The number of nitrogens with zero attached hydrogens (tertiary/aromatic N) is 3. The minimum absolute atomic E-state index is 0.126. The van der Waals surface area contributed by atoms with Crippen LogP contribution < -0.4 is 0 Å². The molecule has 4 heteroatoms. The van der Waals surface area contributed by atoms with E-state index >= 15 is 0 Å². The van der Waals surface area contributed by atoms with Crippen LogP contribution in [0.1, 0.15) is 5.69 Å². The molecule has 9 heavy (non-hydrogen) atoms. The van der Waals surface area contributed by atoms with Crippen LogP contribution in [0.25, 0.3) is 0 Å². The van der Waals surface area contributed by atoms with Gasteiger partial charge in [0.05, 0.1) is 5.69 Å². The van der Waals surface area contributed by atoms with Gasteiger partial charge in [0.2, 0.25) is 5.82 Å². The van der Waals surface area contributed by atoms with Gasteiger partial charge in [-0.3, -0.25) is 0 Å². The minimum Gasteiger partial charge on any atom is -0.154 e. The fourth-order valence-electron chi connectivity index (χ4n) is 0.441. The van der Waals surface area contributed by atoms with Gasteiger partial charge in [-0.05, 0) is 24.2 Å². The van der Waals surface area contributed by atoms with E-state index in [1.165, 1.54) is 6.07 Å². The van der Waals surface area contributed by atoms with Gasteiger partial charge in [-0.2, -0.15) is 5.10 Å². The first kappa shape index (κ1) is 5.81. The topological polar surface area (TPSA) is 55.2 Å². The summed E-state index contributed by atoms with van der Waals surface area (Å²) in [6.07, 6.45) is 0. The first-order valence-corrected chi connectivity index (χ1v) is 2.46. The van der Waals surface area contributed by atoms with Gasteiger partial charge in [-0.1, -0.05) is 0 Å². The molecule has 1 aromatic heterocycles. The van der Waals surface area contributed by atoms with Crippen molar-refractivity contribution in [3.8, 4) is 0 Å². The molecule has 0 aromatic carbocycles. The lowest BCUT2D eigenvalue weighted by atomic mass is 10.4. The predicted octanol–water partition coefficient (Wildman–Crippen LogP) is 1.18. The molecule has 0 fully saturated rings. The van der Waals surface area contributed by atoms with Gasteiger partial charge >= 0.3 is 0 Å². The van der Waals surface area contributed by atoms with E-state index < -0.39 is 0 Å². The molecular weight excluding hydrogens is 118 g/mol. The summed E-state index contributed by atoms with van der Waals surface area (Å²) in [5.41, 5.74) is 0.780. The zero-order valence-electron chi connectivity index (χ0n) is 4.90. The van der Waals surface area contributed by atoms with Gasteiger partial charge in [0.25, 0.3) is 0 Å². The first-order chi connectivity index (χ1) is 4.33. The number of aryl methyl sites for hydroxylation is 1. The van der Waals surface area contributed by atoms with E-state index in [1.807, 2.05) is 0 Å². The summed E-state index contributed by atoms with van der Waals surface area (Å²) in [4.78, 5) is 9.77. The zero-order valence-corrected chi connectivity index (χ0v) is 4.90. The van der Waals surface area contributed by atoms with Crippen molar-refractivity contribution in [2.24, 2.45) is 5.18 Å². The highest BCUT2D eigenvalue weighted by atomic mass is 16.3. The molecule has 0 saturated carbocycles. The minimum atomic E-state index is 0.126. The summed E-state index contributed by atoms with van der Waals surface area (Å²) >= 11 is 0. The van der Waals surface area contributed by atoms with E-state index in [2.05, 4.69) is 15.4 Å². The number of nitroso groups, excluding NO2 is 1. The molecule has 0 spiro atoms. The molecule has 1 heterocycles. The molecule has 0 aliphatic rings. The third-order valence-electron chi connectivity index (χ3n) is 0.877. The number of rotatable bonds is 1. The zero-order chi connectivity index (χ0) is 6.69. The highest BCUT2D eigenvalue weighted by Gasteiger charge is 1.89. The van der Waals surface area contributed by atoms with Crippen LogP contribution >= 0.6 is 0 Å². The van der Waals surface area contributed by atoms with Crippen LogP contribution in [0, 0.1) is 11.8 Å². The van der Waals surface area contributed by atoms with E-state index in [9.17, 15) is 4.91 Å². The van der Waals surface area contributed by atoms with Crippen molar-refractivity contribution in [3.05, 3.63) is 22.7 Å². The van der Waals surface area contributed by atoms with Gasteiger partial charge in [-0.15, -0.1) is 10.0 Å². The Labute approximate surface area is 51.9 Å². The third-order valence-corrected chi connectivity index (χ3v) is 0.877. The van der Waals surface area contributed by atoms with E-state index in [0.717, 1.165) is 5.69 Å². The van der Waals surface area contributed by atoms with Gasteiger partial charge < -0.3 is 0 Å². The largest absolute Gasteiger partial charge is 0.218 e. The van der Waals surface area contributed by atoms with Crippen LogP contribution in [0.3, 0.4) is 0 Å². The fourth-order valence-corrected chi connectivity index (χ4v) is 0.441. The summed E-state index contributed by atoms with van der Waals surface area (Å²) in [6, 6.07) is 3.21. The van der Waals surface area contributed by atoms with Crippen LogP contribution in [0.15, 0.2) is 17.3 Å². The second kappa shape index (κ2) is 2.30. The molecule has 46 valence electrons. The highest BCUT2D eigenvalue weighted by molar-refractivity contribution is 5.23. The second-order valence-electron chi connectivity index (χ2n) is 1.62. The second-order valence-corrected chi connectivity index (χ2v) is 1.62. The molecular formula is C5H5N3O. The standard InChI is InChI=1S/C5H5N3O/c1-4-2-3-5(8-9)7-6-4/h2-3H,1H3. The maximum absolute atomic E-state index is 9.77. The highest BCUT2D eigenvalue weighted by Crippen LogP contribution is 2.02. The maximum Gasteiger partial charge on any atom is 0.218 e. The van der Waals surface area contributed by atoms with Crippen LogP contribution in [-0.2, 0) is 0 Å². The monoisotopic (exact) mass is 123 g/mol. The Morgan fingerprint density at radius 2 is 2.22 bits per heavy atom. The van der Waals surface area contributed by atoms with Crippen LogP contribution in [0.5, 0.6) is 0 Å². The van der Waals surface area contributed by atoms with Gasteiger partial charge in [0, 0.05) is 0 Å². The van der Waals surface area contributed by atoms with Crippen LogP contribution in [-0.4, -0.2) is 10.2 Å². The Hall–Kier alpha value is -1.32. The van der Waals surface area contributed by atoms with Crippen molar-refractivity contribution < 1.29 is 0 Å². The van der Waals surface area contributed by atoms with Crippen LogP contribution in [0.4, 0.5) is 5.82 Å². The quantitative estimate of drug-likeness (QED) is 0.527. The van der Waals surface area contributed by atoms with Crippen molar-refractivity contribution in [1.29, 1.82) is 0 Å². The van der Waals surface area contributed by atoms with Crippen LogP contribution in [0.2, 0.25) is 0 Å². The number of hydrogen-bond acceptors (Lipinski definition) is 4. The van der Waals surface area contributed by atoms with Crippen molar-refractivity contribution in [1.82, 2.24) is 10.2 Å². The van der Waals surface area contributed by atoms with Gasteiger partial charge in [-0.25, -0.2) is 0 Å². The van der Waals surface area contributed by atoms with Crippen molar-refractivity contribution in [3.63, 3.8) is 0 Å². The normalized spacial score (nSPS) is 9.00. The molecule has 0 saturated heterocycles. The van der Waals surface area contributed by atoms with Crippen molar-refractivity contribution in [2.75, 3.05) is 0 Å². The maximum atomic E-state index is 9.77. The van der Waals surface area contributed by atoms with Gasteiger partial charge in [0.1, 0.15) is 0 Å². The smallest absolute Gasteiger partial charge is 0.154 e. The van der Waals surface area contributed by atoms with Crippen molar-refractivity contribution >= 4 is 5.82 Å². The fraction of sp³-hybridized carbons (Fsp3) is 0.200. The predicted molar refractivity (Wildman–Crippen MR) is 32.2 cm³/mol. The molecule has 1 aromatic rings. The Morgan fingerprint density at radius 3 is 2.67 bits per heavy atom. The third kappa shape index (κ3) is 1.28. The molecule has 4 nitrogen and oxygen atoms in total. The Kier molecular flexibility index (Phi) is 1.48. The summed E-state index contributed by atoms with van der Waals surface area (Å²) < 4.78 is 0. The average Bonchev–Trinajstić information content (AvgIpc) is 1.90. The molecule has 0 bridgehead atoms. The van der Waals surface area contributed by atoms with Crippen molar-refractivity contribution in [2.45, 2.75) is 6.92 Å². The Morgan fingerprint density at radius 1 is 1.44 bits per heavy atom. The summed E-state index contributed by atoms with van der Waals surface area (Å²) in [7, 11) is 0. The summed E-state index contributed by atoms with van der Waals surface area (Å²) in [5.74, 6) is 0.126. The van der Waals surface area contributed by atoms with Gasteiger partial charge in [0.15, 0.2) is 0 Å². The number of aromatic nitrogens is 2. The lowest BCUT2D eigenvalue weighted by molar-refractivity contribution is 0.975.